The Morgan fingerprint density at radius 1 is 0.759 bits per heavy atom. The van der Waals surface area contributed by atoms with Crippen LogP contribution in [0.15, 0.2) is 54.7 Å². The molecule has 3 aliphatic rings. The predicted octanol–water partition coefficient (Wildman–Crippen LogP) is 6.48. The lowest BCUT2D eigenvalue weighted by molar-refractivity contribution is -0.137. The molecular weight excluding hydrogens is 739 g/mol. The van der Waals surface area contributed by atoms with Crippen LogP contribution in [-0.2, 0) is 19.1 Å². The van der Waals surface area contributed by atoms with E-state index in [4.69, 9.17) is 14.5 Å². The monoisotopic (exact) mass is 789 g/mol. The number of fused-ring (bicyclic) bond motifs is 1. The topological polar surface area (TPSA) is 198 Å². The van der Waals surface area contributed by atoms with Gasteiger partial charge >= 0.3 is 12.2 Å². The quantitative estimate of drug-likeness (QED) is 0.131. The second-order valence-electron chi connectivity index (χ2n) is 16.3. The molecule has 3 fully saturated rings. The minimum absolute atomic E-state index is 0.0149. The van der Waals surface area contributed by atoms with Gasteiger partial charge in [-0.15, -0.1) is 0 Å². The van der Waals surface area contributed by atoms with Crippen LogP contribution in [0.5, 0.6) is 0 Å². The fourth-order valence-electron chi connectivity index (χ4n) is 8.52. The van der Waals surface area contributed by atoms with Crippen LogP contribution < -0.4 is 10.6 Å². The van der Waals surface area contributed by atoms with Crippen molar-refractivity contribution < 1.29 is 28.7 Å². The van der Waals surface area contributed by atoms with Gasteiger partial charge in [0.25, 0.3) is 0 Å². The number of piperidine rings is 1. The van der Waals surface area contributed by atoms with E-state index < -0.39 is 24.3 Å². The summed E-state index contributed by atoms with van der Waals surface area (Å²) in [5, 5.41) is 15.5. The first-order chi connectivity index (χ1) is 27.8. The van der Waals surface area contributed by atoms with Gasteiger partial charge in [0.1, 0.15) is 29.8 Å². The molecule has 2 aliphatic heterocycles. The van der Waals surface area contributed by atoms with Crippen molar-refractivity contribution in [2.24, 2.45) is 17.8 Å². The number of amides is 4. The van der Waals surface area contributed by atoms with Crippen LogP contribution in [0.25, 0.3) is 33.6 Å². The Morgan fingerprint density at radius 2 is 1.31 bits per heavy atom. The van der Waals surface area contributed by atoms with Crippen LogP contribution in [0, 0.1) is 29.1 Å². The fraction of sp³-hybridized carbons (Fsp3) is 0.465. The third-order valence-electron chi connectivity index (χ3n) is 11.8. The van der Waals surface area contributed by atoms with E-state index in [1.165, 1.54) is 14.2 Å². The first kappa shape index (κ1) is 40.0. The van der Waals surface area contributed by atoms with Gasteiger partial charge in [0, 0.05) is 17.6 Å². The van der Waals surface area contributed by atoms with Gasteiger partial charge in [0.05, 0.1) is 43.9 Å². The molecule has 0 bridgehead atoms. The predicted molar refractivity (Wildman–Crippen MR) is 214 cm³/mol. The van der Waals surface area contributed by atoms with E-state index in [9.17, 15) is 24.4 Å². The Labute approximate surface area is 337 Å². The van der Waals surface area contributed by atoms with Crippen molar-refractivity contribution in [1.29, 1.82) is 5.26 Å². The number of methoxy groups -OCH3 is 2. The van der Waals surface area contributed by atoms with E-state index in [-0.39, 0.29) is 53.5 Å². The number of likely N-dealkylation sites (tertiary alicyclic amines) is 2. The average Bonchev–Trinajstić information content (AvgIpc) is 3.66. The molecule has 0 radical (unpaired) electrons. The maximum atomic E-state index is 13.9. The van der Waals surface area contributed by atoms with Crippen LogP contribution in [0.2, 0.25) is 0 Å². The van der Waals surface area contributed by atoms with Crippen LogP contribution in [-0.4, -0.2) is 92.1 Å². The molecule has 15 nitrogen and oxygen atoms in total. The van der Waals surface area contributed by atoms with Crippen LogP contribution >= 0.6 is 0 Å². The smallest absolute Gasteiger partial charge is 0.407 e. The molecule has 15 heteroatoms. The van der Waals surface area contributed by atoms with Gasteiger partial charge in [-0.1, -0.05) is 76.2 Å². The average molecular weight is 790 g/mol. The third kappa shape index (κ3) is 7.75. The Balaban J connectivity index is 1.05. The second-order valence-corrected chi connectivity index (χ2v) is 16.3. The van der Waals surface area contributed by atoms with E-state index in [2.05, 4.69) is 31.7 Å². The number of H-pyrrole nitrogens is 2. The summed E-state index contributed by atoms with van der Waals surface area (Å²) in [5.41, 5.74) is 5.39. The summed E-state index contributed by atoms with van der Waals surface area (Å²) in [5.74, 6) is 1.00. The summed E-state index contributed by atoms with van der Waals surface area (Å²) in [7, 11) is 2.56. The van der Waals surface area contributed by atoms with Crippen molar-refractivity contribution in [2.45, 2.75) is 96.6 Å². The number of imidazole rings is 2. The number of nitrogens with one attached hydrogen (secondary N) is 4. The number of hydrogen-bond acceptors (Lipinski definition) is 9. The Morgan fingerprint density at radius 3 is 1.86 bits per heavy atom. The van der Waals surface area contributed by atoms with Crippen LogP contribution in [0.3, 0.4) is 0 Å². The summed E-state index contributed by atoms with van der Waals surface area (Å²) in [6.07, 6.45) is 3.71. The SMILES string of the molecule is COC(=O)N[C@H](C(=O)N1C2CC2C[C@H]1c1nc(C#N)c(-c2ccc(-c3ccc(-c4cnc([C@@H]5CC[C@@H](C)N5C(=O)[C@@H](NC(=O)OC)C(C)C)[nH]4)cc3)cc2)[nH]1)C(C)C. The highest BCUT2D eigenvalue weighted by molar-refractivity contribution is 5.88. The van der Waals surface area contributed by atoms with Gasteiger partial charge in [-0.3, -0.25) is 9.59 Å². The number of hydrogen-bond donors (Lipinski definition) is 4. The Kier molecular flexibility index (Phi) is 11.3. The number of ether oxygens (including phenoxy) is 2. The van der Waals surface area contributed by atoms with E-state index in [1.54, 1.807) is 6.20 Å². The molecule has 1 saturated carbocycles. The summed E-state index contributed by atoms with van der Waals surface area (Å²) >= 11 is 0. The summed E-state index contributed by atoms with van der Waals surface area (Å²) in [6, 6.07) is 16.3. The van der Waals surface area contributed by atoms with Gasteiger partial charge in [-0.05, 0) is 67.1 Å². The summed E-state index contributed by atoms with van der Waals surface area (Å²) in [6.45, 7) is 9.58. The Bertz CT molecular complexity index is 2210. The maximum Gasteiger partial charge on any atom is 0.407 e. The number of carbonyl (C=O) groups excluding carboxylic acids is 4. The number of aromatic nitrogens is 4. The molecule has 2 aromatic carbocycles. The van der Waals surface area contributed by atoms with Crippen molar-refractivity contribution in [3.63, 3.8) is 0 Å². The summed E-state index contributed by atoms with van der Waals surface area (Å²) < 4.78 is 9.56. The zero-order valence-electron chi connectivity index (χ0n) is 33.9. The molecule has 0 spiro atoms. The highest BCUT2D eigenvalue weighted by Crippen LogP contribution is 2.53. The zero-order chi connectivity index (χ0) is 41.4. The fourth-order valence-corrected chi connectivity index (χ4v) is 8.52. The summed E-state index contributed by atoms with van der Waals surface area (Å²) in [4.78, 5) is 71.6. The molecule has 7 atom stereocenters. The van der Waals surface area contributed by atoms with E-state index >= 15 is 0 Å². The van der Waals surface area contributed by atoms with Gasteiger partial charge in [-0.2, -0.15) is 5.26 Å². The number of rotatable bonds is 11. The standard InChI is InChI=1S/C43H51N9O6/c1-22(2)35(49-42(55)57-6)40(53)51-24(5)8-17-32(51)38-45-21-31(47-38)27-13-9-25(10-14-27)26-11-15-28(16-12-26)37-30(20-44)46-39(48-37)34-19-29-18-33(29)52(34)41(54)36(23(3)4)50-43(56)58-7/h9-16,21-24,29,32-36H,8,17-19H2,1-7H3,(H,45,47)(H,46,48)(H,49,55)(H,50,56)/t24-,29?,32+,33?,34+,35+,36+/m1/s1. The lowest BCUT2D eigenvalue weighted by atomic mass is 10.0. The number of aromatic amines is 2. The highest BCUT2D eigenvalue weighted by Gasteiger charge is 2.56. The van der Waals surface area contributed by atoms with Gasteiger partial charge in [0.2, 0.25) is 11.8 Å². The van der Waals surface area contributed by atoms with Crippen LogP contribution in [0.1, 0.15) is 89.7 Å². The highest BCUT2D eigenvalue weighted by atomic mass is 16.5. The minimum atomic E-state index is -0.747. The first-order valence-electron chi connectivity index (χ1n) is 19.9. The molecule has 58 heavy (non-hydrogen) atoms. The molecule has 4 N–H and O–H groups in total. The number of nitriles is 1. The maximum absolute atomic E-state index is 13.9. The molecule has 304 valence electrons. The van der Waals surface area contributed by atoms with Gasteiger partial charge < -0.3 is 39.9 Å². The number of carbonyl (C=O) groups is 4. The molecule has 4 aromatic rings. The molecule has 2 saturated heterocycles. The lowest BCUT2D eigenvalue weighted by Gasteiger charge is -2.32. The Hall–Kier alpha value is -6.17. The van der Waals surface area contributed by atoms with Crippen molar-refractivity contribution >= 4 is 24.0 Å². The third-order valence-corrected chi connectivity index (χ3v) is 11.8. The van der Waals surface area contributed by atoms with Crippen molar-refractivity contribution in [2.75, 3.05) is 14.2 Å². The molecule has 4 heterocycles. The first-order valence-corrected chi connectivity index (χ1v) is 19.9. The van der Waals surface area contributed by atoms with E-state index in [0.717, 1.165) is 53.6 Å². The van der Waals surface area contributed by atoms with Crippen molar-refractivity contribution in [1.82, 2.24) is 40.4 Å². The lowest BCUT2D eigenvalue weighted by Crippen LogP contribution is -2.52. The molecule has 1 aliphatic carbocycles. The van der Waals surface area contributed by atoms with E-state index in [0.29, 0.717) is 23.3 Å². The van der Waals surface area contributed by atoms with Crippen molar-refractivity contribution in [3.05, 3.63) is 72.1 Å². The van der Waals surface area contributed by atoms with Gasteiger partial charge in [0.15, 0.2) is 5.69 Å². The largest absolute Gasteiger partial charge is 0.453 e. The molecule has 7 rings (SSSR count). The molecular formula is C43H51N9O6. The molecule has 2 unspecified atom stereocenters. The minimum Gasteiger partial charge on any atom is -0.453 e. The second kappa shape index (κ2) is 16.4. The zero-order valence-corrected chi connectivity index (χ0v) is 33.9. The molecule has 2 aromatic heterocycles. The number of alkyl carbamates (subject to hydrolysis) is 2. The molecule has 4 amide bonds. The van der Waals surface area contributed by atoms with Crippen LogP contribution in [0.4, 0.5) is 9.59 Å². The number of nitrogens with zero attached hydrogens (tertiary/aromatic N) is 5. The van der Waals surface area contributed by atoms with Gasteiger partial charge in [-0.25, -0.2) is 19.6 Å². The van der Waals surface area contributed by atoms with E-state index in [1.807, 2.05) is 92.9 Å². The van der Waals surface area contributed by atoms with Crippen molar-refractivity contribution in [3.8, 4) is 39.7 Å². The normalized spacial score (nSPS) is 22.0. The number of benzene rings is 2.